The lowest BCUT2D eigenvalue weighted by Crippen LogP contribution is -2.30. The maximum atomic E-state index is 15.3. The van der Waals surface area contributed by atoms with Crippen molar-refractivity contribution in [2.75, 3.05) is 12.3 Å². The number of hydrogen-bond donors (Lipinski definition) is 2. The number of imidazole rings is 1. The molecule has 1 amide bonds. The summed E-state index contributed by atoms with van der Waals surface area (Å²) in [4.78, 5) is 24.7. The molecule has 0 saturated carbocycles. The summed E-state index contributed by atoms with van der Waals surface area (Å²) in [5.74, 6) is -1.73. The first-order chi connectivity index (χ1) is 16.3. The normalized spacial score (nSPS) is 11.0. The number of anilines is 1. The molecule has 0 spiro atoms. The van der Waals surface area contributed by atoms with E-state index in [0.29, 0.717) is 16.0 Å². The lowest BCUT2D eigenvalue weighted by molar-refractivity contribution is 0.0940. The number of halogens is 3. The second-order valence-electron chi connectivity index (χ2n) is 7.61. The van der Waals surface area contributed by atoms with Gasteiger partial charge in [-0.2, -0.15) is 0 Å². The molecule has 0 atom stereocenters. The van der Waals surface area contributed by atoms with Gasteiger partial charge in [-0.25, -0.2) is 18.7 Å². The predicted molar refractivity (Wildman–Crippen MR) is 126 cm³/mol. The van der Waals surface area contributed by atoms with Crippen molar-refractivity contribution in [2.24, 2.45) is 0 Å². The van der Waals surface area contributed by atoms with Gasteiger partial charge in [-0.15, -0.1) is 0 Å². The number of rotatable bonds is 7. The van der Waals surface area contributed by atoms with Crippen LogP contribution in [0.2, 0.25) is 5.02 Å². The number of benzene rings is 1. The highest BCUT2D eigenvalue weighted by atomic mass is 35.5. The standard InChI is InChI=1S/C22H19BClF2N6O2/c1-11(2)30-21(33)20-17-8-27-16(9-32(17)10-29-20)18-14(25)4-5-15(19(18)26)31-23-13-6-12(24)7-28-22(13)34-3/h4-11,31H,1-3H3,(H,30,33). The van der Waals surface area contributed by atoms with Gasteiger partial charge < -0.3 is 19.7 Å². The van der Waals surface area contributed by atoms with Crippen molar-refractivity contribution in [3.8, 4) is 17.1 Å². The van der Waals surface area contributed by atoms with Crippen LogP contribution in [0.4, 0.5) is 14.5 Å². The minimum atomic E-state index is -0.852. The maximum Gasteiger partial charge on any atom is 0.288 e. The van der Waals surface area contributed by atoms with E-state index in [-0.39, 0.29) is 40.5 Å². The van der Waals surface area contributed by atoms with E-state index >= 15 is 4.39 Å². The number of carbonyl (C=O) groups is 1. The third-order valence-electron chi connectivity index (χ3n) is 4.82. The number of nitrogens with zero attached hydrogens (tertiary/aromatic N) is 4. The van der Waals surface area contributed by atoms with Crippen LogP contribution in [0.5, 0.6) is 5.88 Å². The quantitative estimate of drug-likeness (QED) is 0.392. The molecule has 12 heteroatoms. The van der Waals surface area contributed by atoms with Crippen molar-refractivity contribution in [3.05, 3.63) is 65.5 Å². The number of aromatic nitrogens is 4. The summed E-state index contributed by atoms with van der Waals surface area (Å²) >= 11 is 5.98. The van der Waals surface area contributed by atoms with Crippen LogP contribution in [0.1, 0.15) is 24.3 Å². The fourth-order valence-corrected chi connectivity index (χ4v) is 3.47. The molecule has 0 saturated heterocycles. The zero-order valence-corrected chi connectivity index (χ0v) is 19.2. The number of fused-ring (bicyclic) bond motifs is 1. The van der Waals surface area contributed by atoms with Gasteiger partial charge in [0.15, 0.2) is 11.5 Å². The molecule has 173 valence electrons. The molecule has 0 aliphatic heterocycles. The van der Waals surface area contributed by atoms with Crippen molar-refractivity contribution in [2.45, 2.75) is 19.9 Å². The first kappa shape index (κ1) is 23.4. The Labute approximate surface area is 199 Å². The zero-order valence-electron chi connectivity index (χ0n) is 18.4. The Bertz CT molecular complexity index is 1380. The summed E-state index contributed by atoms with van der Waals surface area (Å²) in [6.07, 6.45) is 5.57. The van der Waals surface area contributed by atoms with Crippen LogP contribution < -0.4 is 20.7 Å². The van der Waals surface area contributed by atoms with E-state index in [1.165, 1.54) is 49.9 Å². The molecule has 34 heavy (non-hydrogen) atoms. The van der Waals surface area contributed by atoms with Crippen molar-refractivity contribution >= 4 is 41.6 Å². The van der Waals surface area contributed by atoms with Gasteiger partial charge in [-0.3, -0.25) is 9.78 Å². The second kappa shape index (κ2) is 9.64. The third kappa shape index (κ3) is 4.65. The Kier molecular flexibility index (Phi) is 6.64. The average Bonchev–Trinajstić information content (AvgIpc) is 3.22. The van der Waals surface area contributed by atoms with Crippen LogP contribution in [0.3, 0.4) is 0 Å². The topological polar surface area (TPSA) is 93.4 Å². The number of methoxy groups -OCH3 is 1. The summed E-state index contributed by atoms with van der Waals surface area (Å²) in [6.45, 7) is 3.66. The summed E-state index contributed by atoms with van der Waals surface area (Å²) in [7, 11) is 2.89. The fourth-order valence-electron chi connectivity index (χ4n) is 3.30. The Morgan fingerprint density at radius 2 is 2.00 bits per heavy atom. The Balaban J connectivity index is 1.65. The number of hydrogen-bond acceptors (Lipinski definition) is 6. The van der Waals surface area contributed by atoms with E-state index in [1.54, 1.807) is 6.07 Å². The van der Waals surface area contributed by atoms with Gasteiger partial charge in [-0.1, -0.05) is 11.6 Å². The van der Waals surface area contributed by atoms with Crippen LogP contribution in [0.25, 0.3) is 16.8 Å². The fraction of sp³-hybridized carbons (Fsp3) is 0.182. The number of carbonyl (C=O) groups excluding carboxylic acids is 1. The van der Waals surface area contributed by atoms with E-state index in [0.717, 1.165) is 6.07 Å². The third-order valence-corrected chi connectivity index (χ3v) is 5.03. The molecule has 4 aromatic rings. The Hall–Kier alpha value is -3.73. The van der Waals surface area contributed by atoms with Gasteiger partial charge in [0.2, 0.25) is 5.88 Å². The first-order valence-electron chi connectivity index (χ1n) is 10.2. The Morgan fingerprint density at radius 3 is 2.74 bits per heavy atom. The molecular formula is C22H19BClF2N6O2. The molecule has 0 aliphatic rings. The first-order valence-corrected chi connectivity index (χ1v) is 10.6. The molecule has 4 rings (SSSR count). The second-order valence-corrected chi connectivity index (χ2v) is 8.05. The molecule has 2 N–H and O–H groups in total. The molecule has 1 radical (unpaired) electrons. The molecular weight excluding hydrogens is 465 g/mol. The van der Waals surface area contributed by atoms with E-state index in [2.05, 4.69) is 25.5 Å². The van der Waals surface area contributed by atoms with Gasteiger partial charge >= 0.3 is 0 Å². The lowest BCUT2D eigenvalue weighted by atomic mass is 9.83. The smallest absolute Gasteiger partial charge is 0.288 e. The number of pyridine rings is 1. The van der Waals surface area contributed by atoms with E-state index in [9.17, 15) is 9.18 Å². The van der Waals surface area contributed by atoms with Gasteiger partial charge in [0.25, 0.3) is 13.3 Å². The lowest BCUT2D eigenvalue weighted by Gasteiger charge is -2.13. The molecule has 0 fully saturated rings. The van der Waals surface area contributed by atoms with Gasteiger partial charge in [0.05, 0.1) is 40.8 Å². The summed E-state index contributed by atoms with van der Waals surface area (Å²) < 4.78 is 36.7. The van der Waals surface area contributed by atoms with Crippen LogP contribution >= 0.6 is 11.6 Å². The van der Waals surface area contributed by atoms with Gasteiger partial charge in [0, 0.05) is 23.9 Å². The monoisotopic (exact) mass is 483 g/mol. The summed E-state index contributed by atoms with van der Waals surface area (Å²) in [6, 6.07) is 3.90. The van der Waals surface area contributed by atoms with Crippen molar-refractivity contribution in [1.82, 2.24) is 24.7 Å². The summed E-state index contributed by atoms with van der Waals surface area (Å²) in [5.41, 5.74) is 0.752. The number of ether oxygens (including phenoxy) is 1. The minimum Gasteiger partial charge on any atom is -0.481 e. The predicted octanol–water partition coefficient (Wildman–Crippen LogP) is 3.23. The van der Waals surface area contributed by atoms with Crippen molar-refractivity contribution < 1.29 is 18.3 Å². The highest BCUT2D eigenvalue weighted by Gasteiger charge is 2.20. The number of amides is 1. The molecule has 1 aromatic carbocycles. The highest BCUT2D eigenvalue weighted by Crippen LogP contribution is 2.30. The van der Waals surface area contributed by atoms with Crippen LogP contribution in [-0.4, -0.2) is 45.8 Å². The molecule has 0 bridgehead atoms. The van der Waals surface area contributed by atoms with E-state index in [1.807, 2.05) is 13.8 Å². The van der Waals surface area contributed by atoms with Crippen LogP contribution in [0.15, 0.2) is 43.1 Å². The molecule has 3 heterocycles. The molecule has 3 aromatic heterocycles. The van der Waals surface area contributed by atoms with Crippen molar-refractivity contribution in [1.29, 1.82) is 0 Å². The summed E-state index contributed by atoms with van der Waals surface area (Å²) in [5, 5.41) is 5.92. The SMILES string of the molecule is COc1ncc(Cl)cc1[B]Nc1ccc(F)c(-c2cn3cnc(C(=O)NC(C)C)c3cn2)c1F. The average molecular weight is 484 g/mol. The Morgan fingerprint density at radius 1 is 1.21 bits per heavy atom. The maximum absolute atomic E-state index is 15.3. The van der Waals surface area contributed by atoms with Crippen LogP contribution in [-0.2, 0) is 0 Å². The van der Waals surface area contributed by atoms with E-state index < -0.39 is 11.6 Å². The molecule has 0 unspecified atom stereocenters. The molecule has 8 nitrogen and oxygen atoms in total. The number of nitrogens with one attached hydrogen (secondary N) is 2. The van der Waals surface area contributed by atoms with Gasteiger partial charge in [0.1, 0.15) is 12.1 Å². The largest absolute Gasteiger partial charge is 0.481 e. The highest BCUT2D eigenvalue weighted by molar-refractivity contribution is 6.58. The minimum absolute atomic E-state index is 0.00274. The van der Waals surface area contributed by atoms with E-state index in [4.69, 9.17) is 16.3 Å². The van der Waals surface area contributed by atoms with Crippen LogP contribution in [0, 0.1) is 11.6 Å². The molecule has 0 aliphatic carbocycles. The van der Waals surface area contributed by atoms with Gasteiger partial charge in [-0.05, 0) is 32.0 Å². The van der Waals surface area contributed by atoms with Crippen molar-refractivity contribution in [3.63, 3.8) is 0 Å². The zero-order chi connectivity index (χ0) is 24.4.